The summed E-state index contributed by atoms with van der Waals surface area (Å²) in [5.41, 5.74) is 4.76. The Labute approximate surface area is 183 Å². The molecule has 1 N–H and O–H groups in total. The van der Waals surface area contributed by atoms with Gasteiger partial charge in [0.05, 0.1) is 10.6 Å². The zero-order valence-electron chi connectivity index (χ0n) is 15.7. The predicted octanol–water partition coefficient (Wildman–Crippen LogP) is 6.29. The van der Waals surface area contributed by atoms with Gasteiger partial charge in [-0.05, 0) is 79.7 Å². The summed E-state index contributed by atoms with van der Waals surface area (Å²) in [5, 5.41) is 4.63. The largest absolute Gasteiger partial charge is 0.318 e. The monoisotopic (exact) mass is 441 g/mol. The van der Waals surface area contributed by atoms with Crippen molar-refractivity contribution in [1.29, 1.82) is 0 Å². The number of amides is 1. The average molecular weight is 442 g/mol. The van der Waals surface area contributed by atoms with E-state index in [1.807, 2.05) is 56.3 Å². The highest BCUT2D eigenvalue weighted by Crippen LogP contribution is 2.31. The van der Waals surface area contributed by atoms with Crippen molar-refractivity contribution in [3.05, 3.63) is 86.5 Å². The van der Waals surface area contributed by atoms with E-state index in [0.717, 1.165) is 22.6 Å². The summed E-state index contributed by atoms with van der Waals surface area (Å²) in [5.74, 6) is -0.164. The second-order valence-electron chi connectivity index (χ2n) is 6.60. The lowest BCUT2D eigenvalue weighted by atomic mass is 10.2. The van der Waals surface area contributed by atoms with Gasteiger partial charge in [0.15, 0.2) is 5.17 Å². The van der Waals surface area contributed by atoms with Crippen LogP contribution in [0, 0.1) is 13.8 Å². The van der Waals surface area contributed by atoms with E-state index in [1.165, 1.54) is 11.8 Å². The molecule has 0 saturated carbocycles. The summed E-state index contributed by atoms with van der Waals surface area (Å²) in [6.45, 7) is 4.06. The lowest BCUT2D eigenvalue weighted by molar-refractivity contribution is -0.115. The number of rotatable bonds is 3. The molecule has 1 aromatic heterocycles. The van der Waals surface area contributed by atoms with Crippen LogP contribution in [0.4, 0.5) is 5.69 Å². The molecule has 1 aliphatic rings. The SMILES string of the molecule is Cc1cc(/C=C2\SC(=Nc3cccc(Cl)c3)NC2=O)c(C)n1-c1cccc(Cl)c1. The number of nitrogens with zero attached hydrogens (tertiary/aromatic N) is 2. The summed E-state index contributed by atoms with van der Waals surface area (Å²) >= 11 is 13.5. The van der Waals surface area contributed by atoms with Crippen LogP contribution >= 0.6 is 35.0 Å². The van der Waals surface area contributed by atoms with Crippen LogP contribution in [0.3, 0.4) is 0 Å². The Hall–Kier alpha value is -2.47. The van der Waals surface area contributed by atoms with Crippen LogP contribution in [0.25, 0.3) is 11.8 Å². The number of thioether (sulfide) groups is 1. The summed E-state index contributed by atoms with van der Waals surface area (Å²) in [4.78, 5) is 17.5. The molecule has 1 fully saturated rings. The Morgan fingerprint density at radius 3 is 2.48 bits per heavy atom. The number of aromatic nitrogens is 1. The van der Waals surface area contributed by atoms with E-state index in [4.69, 9.17) is 23.2 Å². The van der Waals surface area contributed by atoms with Gasteiger partial charge < -0.3 is 9.88 Å². The molecule has 7 heteroatoms. The van der Waals surface area contributed by atoms with Crippen molar-refractivity contribution in [3.8, 4) is 5.69 Å². The van der Waals surface area contributed by atoms with Crippen LogP contribution in [0.1, 0.15) is 17.0 Å². The van der Waals surface area contributed by atoms with Crippen LogP contribution in [-0.4, -0.2) is 15.6 Å². The van der Waals surface area contributed by atoms with E-state index >= 15 is 0 Å². The second-order valence-corrected chi connectivity index (χ2v) is 8.51. The molecule has 1 amide bonds. The fourth-order valence-electron chi connectivity index (χ4n) is 3.23. The Morgan fingerprint density at radius 2 is 1.76 bits per heavy atom. The van der Waals surface area contributed by atoms with E-state index in [9.17, 15) is 4.79 Å². The Kier molecular flexibility index (Phi) is 5.54. The number of aryl methyl sites for hydroxylation is 1. The van der Waals surface area contributed by atoms with Crippen LogP contribution in [-0.2, 0) is 4.79 Å². The third kappa shape index (κ3) is 4.27. The molecule has 0 atom stereocenters. The summed E-state index contributed by atoms with van der Waals surface area (Å²) in [7, 11) is 0. The fraction of sp³-hybridized carbons (Fsp3) is 0.0909. The molecule has 0 aliphatic carbocycles. The van der Waals surface area contributed by atoms with E-state index in [-0.39, 0.29) is 5.91 Å². The highest BCUT2D eigenvalue weighted by Gasteiger charge is 2.24. The van der Waals surface area contributed by atoms with Gasteiger partial charge in [0, 0.05) is 27.1 Å². The third-order valence-electron chi connectivity index (χ3n) is 4.51. The zero-order chi connectivity index (χ0) is 20.5. The number of aliphatic imine (C=N–C) groups is 1. The standard InChI is InChI=1S/C22H17Cl2N3OS/c1-13-9-15(14(2)27(13)19-8-4-6-17(24)12-19)10-20-21(28)26-22(29-20)25-18-7-3-5-16(23)11-18/h3-12H,1-2H3,(H,25,26,28)/b20-10-. The Bertz CT molecular complexity index is 1180. The number of nitrogens with one attached hydrogen (secondary N) is 1. The molecular formula is C22H17Cl2N3OS. The maximum Gasteiger partial charge on any atom is 0.264 e. The molecule has 0 unspecified atom stereocenters. The number of hydrogen-bond donors (Lipinski definition) is 1. The summed E-state index contributed by atoms with van der Waals surface area (Å²) < 4.78 is 2.12. The molecule has 1 saturated heterocycles. The van der Waals surface area contributed by atoms with E-state index in [1.54, 1.807) is 12.1 Å². The first-order chi connectivity index (χ1) is 13.9. The van der Waals surface area contributed by atoms with Crippen LogP contribution < -0.4 is 5.32 Å². The molecular weight excluding hydrogens is 425 g/mol. The van der Waals surface area contributed by atoms with Gasteiger partial charge in [0.2, 0.25) is 0 Å². The summed E-state index contributed by atoms with van der Waals surface area (Å²) in [6.07, 6.45) is 1.89. The number of benzene rings is 2. The van der Waals surface area contributed by atoms with Crippen molar-refractivity contribution in [2.45, 2.75) is 13.8 Å². The summed E-state index contributed by atoms with van der Waals surface area (Å²) in [6, 6.07) is 17.0. The van der Waals surface area contributed by atoms with Gasteiger partial charge in [0.25, 0.3) is 5.91 Å². The van der Waals surface area contributed by atoms with Crippen molar-refractivity contribution in [2.75, 3.05) is 0 Å². The van der Waals surface area contributed by atoms with Crippen molar-refractivity contribution in [2.24, 2.45) is 4.99 Å². The lowest BCUT2D eigenvalue weighted by Crippen LogP contribution is -2.19. The number of hydrogen-bond acceptors (Lipinski definition) is 3. The Balaban J connectivity index is 1.65. The molecule has 1 aliphatic heterocycles. The van der Waals surface area contributed by atoms with E-state index in [2.05, 4.69) is 20.9 Å². The topological polar surface area (TPSA) is 46.4 Å². The molecule has 4 nitrogen and oxygen atoms in total. The quantitative estimate of drug-likeness (QED) is 0.485. The first-order valence-electron chi connectivity index (χ1n) is 8.91. The molecule has 0 bridgehead atoms. The average Bonchev–Trinajstić information content (AvgIpc) is 3.14. The zero-order valence-corrected chi connectivity index (χ0v) is 18.1. The van der Waals surface area contributed by atoms with Crippen molar-refractivity contribution < 1.29 is 4.79 Å². The second kappa shape index (κ2) is 8.11. The molecule has 146 valence electrons. The normalized spacial score (nSPS) is 16.6. The van der Waals surface area contributed by atoms with E-state index < -0.39 is 0 Å². The number of carbonyl (C=O) groups excluding carboxylic acids is 1. The molecule has 2 aromatic carbocycles. The van der Waals surface area contributed by atoms with Crippen molar-refractivity contribution in [1.82, 2.24) is 9.88 Å². The van der Waals surface area contributed by atoms with Crippen LogP contribution in [0.5, 0.6) is 0 Å². The Morgan fingerprint density at radius 1 is 1.03 bits per heavy atom. The maximum atomic E-state index is 12.4. The first-order valence-corrected chi connectivity index (χ1v) is 10.5. The molecule has 2 heterocycles. The number of carbonyl (C=O) groups is 1. The smallest absolute Gasteiger partial charge is 0.264 e. The number of halogens is 2. The van der Waals surface area contributed by atoms with Gasteiger partial charge in [-0.2, -0.15) is 0 Å². The minimum absolute atomic E-state index is 0.164. The van der Waals surface area contributed by atoms with Crippen molar-refractivity contribution >= 4 is 57.8 Å². The predicted molar refractivity (Wildman–Crippen MR) is 123 cm³/mol. The molecule has 3 aromatic rings. The maximum absolute atomic E-state index is 12.4. The van der Waals surface area contributed by atoms with Gasteiger partial charge in [-0.25, -0.2) is 4.99 Å². The lowest BCUT2D eigenvalue weighted by Gasteiger charge is -2.09. The van der Waals surface area contributed by atoms with Gasteiger partial charge in [-0.3, -0.25) is 4.79 Å². The molecule has 0 radical (unpaired) electrons. The fourth-order valence-corrected chi connectivity index (χ4v) is 4.43. The first kappa shape index (κ1) is 19.8. The minimum Gasteiger partial charge on any atom is -0.318 e. The van der Waals surface area contributed by atoms with Crippen molar-refractivity contribution in [3.63, 3.8) is 0 Å². The van der Waals surface area contributed by atoms with Crippen LogP contribution in [0.15, 0.2) is 64.5 Å². The molecule has 29 heavy (non-hydrogen) atoms. The van der Waals surface area contributed by atoms with Gasteiger partial charge in [-0.1, -0.05) is 35.3 Å². The van der Waals surface area contributed by atoms with Gasteiger partial charge in [0.1, 0.15) is 0 Å². The highest BCUT2D eigenvalue weighted by atomic mass is 35.5. The highest BCUT2D eigenvalue weighted by molar-refractivity contribution is 8.18. The number of amidine groups is 1. The van der Waals surface area contributed by atoms with Gasteiger partial charge in [-0.15, -0.1) is 0 Å². The van der Waals surface area contributed by atoms with E-state index in [0.29, 0.717) is 25.8 Å². The molecule has 4 rings (SSSR count). The van der Waals surface area contributed by atoms with Crippen LogP contribution in [0.2, 0.25) is 10.0 Å². The molecule has 0 spiro atoms. The van der Waals surface area contributed by atoms with Gasteiger partial charge >= 0.3 is 0 Å². The third-order valence-corrected chi connectivity index (χ3v) is 5.89. The minimum atomic E-state index is -0.164.